The highest BCUT2D eigenvalue weighted by Gasteiger charge is 2.38. The van der Waals surface area contributed by atoms with Gasteiger partial charge in [-0.3, -0.25) is 0 Å². The van der Waals surface area contributed by atoms with Gasteiger partial charge in [0, 0.05) is 27.9 Å². The molecule has 0 saturated heterocycles. The summed E-state index contributed by atoms with van der Waals surface area (Å²) in [7, 11) is 0. The number of fused-ring (bicyclic) bond motifs is 5. The zero-order chi connectivity index (χ0) is 47.1. The molecule has 2 heteroatoms. The maximum atomic E-state index is 6.39. The van der Waals surface area contributed by atoms with Crippen LogP contribution in [0.1, 0.15) is 77.8 Å². The van der Waals surface area contributed by atoms with E-state index in [2.05, 4.69) is 225 Å². The Kier molecular flexibility index (Phi) is 14.4. The first kappa shape index (κ1) is 46.8. The molecule has 2 N–H and O–H groups in total. The summed E-state index contributed by atoms with van der Waals surface area (Å²) < 4.78 is 0. The fourth-order valence-electron chi connectivity index (χ4n) is 9.44. The van der Waals surface area contributed by atoms with Gasteiger partial charge in [-0.15, -0.1) is 0 Å². The first-order valence-corrected chi connectivity index (χ1v) is 23.5. The normalized spacial score (nSPS) is 11.7. The van der Waals surface area contributed by atoms with E-state index < -0.39 is 0 Å². The van der Waals surface area contributed by atoms with Crippen molar-refractivity contribution in [3.05, 3.63) is 238 Å². The molecule has 10 rings (SSSR count). The van der Waals surface area contributed by atoms with Gasteiger partial charge in [-0.2, -0.15) is 0 Å². The van der Waals surface area contributed by atoms with Gasteiger partial charge < -0.3 is 10.6 Å². The van der Waals surface area contributed by atoms with Crippen LogP contribution >= 0.6 is 0 Å². The Morgan fingerprint density at radius 1 is 0.364 bits per heavy atom. The molecule has 0 fully saturated rings. The SMILES string of the molecule is CC.Cc1ccc(-c2ccccc2C)c(C)c1.Cc1ccc2c(c1)C(C)(C)c1cc(N(c3cccc(N)c3)c3ccc(-c4ccccc4C)c(C)c3)c3ccccc3c1-2.Cc1ccccc1. The summed E-state index contributed by atoms with van der Waals surface area (Å²) in [6, 6.07) is 67.3. The summed E-state index contributed by atoms with van der Waals surface area (Å²) in [4.78, 5) is 2.39. The van der Waals surface area contributed by atoms with Crippen molar-refractivity contribution in [2.24, 2.45) is 0 Å². The van der Waals surface area contributed by atoms with Gasteiger partial charge in [0.05, 0.1) is 5.69 Å². The third-order valence-electron chi connectivity index (χ3n) is 12.8. The lowest BCUT2D eigenvalue weighted by Crippen LogP contribution is -2.17. The van der Waals surface area contributed by atoms with Crippen molar-refractivity contribution in [3.8, 4) is 33.4 Å². The lowest BCUT2D eigenvalue weighted by molar-refractivity contribution is 0.660. The predicted octanol–water partition coefficient (Wildman–Crippen LogP) is 18.1. The smallest absolute Gasteiger partial charge is 0.0543 e. The third-order valence-corrected chi connectivity index (χ3v) is 12.8. The predicted molar refractivity (Wildman–Crippen MR) is 289 cm³/mol. The van der Waals surface area contributed by atoms with E-state index in [0.717, 1.165) is 22.7 Å². The number of benzene rings is 9. The summed E-state index contributed by atoms with van der Waals surface area (Å²) in [6.07, 6.45) is 0. The molecule has 9 aromatic carbocycles. The average Bonchev–Trinajstić information content (AvgIpc) is 3.53. The number of nitrogens with two attached hydrogens (primary N) is 1. The summed E-state index contributed by atoms with van der Waals surface area (Å²) in [5.41, 5.74) is 30.2. The van der Waals surface area contributed by atoms with Gasteiger partial charge in [0.2, 0.25) is 0 Å². The summed E-state index contributed by atoms with van der Waals surface area (Å²) in [5, 5.41) is 2.51. The minimum Gasteiger partial charge on any atom is -0.399 e. The Morgan fingerprint density at radius 2 is 0.864 bits per heavy atom. The molecule has 0 radical (unpaired) electrons. The van der Waals surface area contributed by atoms with Crippen LogP contribution < -0.4 is 10.6 Å². The molecule has 332 valence electrons. The summed E-state index contributed by atoms with van der Waals surface area (Å²) in [6.45, 7) is 23.9. The van der Waals surface area contributed by atoms with Crippen molar-refractivity contribution in [1.82, 2.24) is 0 Å². The lowest BCUT2D eigenvalue weighted by atomic mass is 9.81. The molecule has 0 amide bonds. The number of nitrogens with zero attached hydrogens (tertiary/aromatic N) is 1. The second-order valence-electron chi connectivity index (χ2n) is 18.1. The first-order chi connectivity index (χ1) is 31.8. The Balaban J connectivity index is 0.000000220. The van der Waals surface area contributed by atoms with Crippen LogP contribution in [0.25, 0.3) is 44.2 Å². The largest absolute Gasteiger partial charge is 0.399 e. The minimum absolute atomic E-state index is 0.124. The minimum atomic E-state index is -0.124. The fraction of sp³-hybridized carbons (Fsp3) is 0.188. The monoisotopic (exact) mass is 863 g/mol. The molecule has 0 bridgehead atoms. The number of anilines is 4. The molecule has 0 atom stereocenters. The molecule has 0 heterocycles. The molecule has 0 unspecified atom stereocenters. The number of nitrogen functional groups attached to an aromatic ring is 1. The average molecular weight is 863 g/mol. The van der Waals surface area contributed by atoms with Crippen molar-refractivity contribution in [2.75, 3.05) is 10.6 Å². The molecular formula is C64H66N2. The van der Waals surface area contributed by atoms with Gasteiger partial charge >= 0.3 is 0 Å². The number of hydrogen-bond acceptors (Lipinski definition) is 2. The number of hydrogen-bond donors (Lipinski definition) is 1. The molecule has 2 nitrogen and oxygen atoms in total. The standard InChI is InChI=1S/C40H36N2.C15H16.C7H8.C2H6/c1-25-17-19-35-36(21-25)40(4,5)37-24-38(33-15-8-9-16-34(33)39(35)37)42(29-13-10-12-28(41)23-29)30-18-20-32(27(3)22-30)31-14-7-6-11-26(31)2;1-11-8-9-15(13(3)10-11)14-7-5-4-6-12(14)2;1-7-5-3-2-4-6-7;1-2/h6-24H,41H2,1-5H3;4-10H,1-3H3;2-6H,1H3;1-2H3. The van der Waals surface area contributed by atoms with Crippen molar-refractivity contribution >= 4 is 33.5 Å². The molecular weight excluding hydrogens is 797 g/mol. The van der Waals surface area contributed by atoms with Gasteiger partial charge in [0.25, 0.3) is 0 Å². The lowest BCUT2D eigenvalue weighted by Gasteiger charge is -2.30. The van der Waals surface area contributed by atoms with Crippen LogP contribution in [0.3, 0.4) is 0 Å². The zero-order valence-electron chi connectivity index (χ0n) is 40.9. The molecule has 1 aliphatic carbocycles. The Bertz CT molecular complexity index is 3120. The van der Waals surface area contributed by atoms with E-state index in [4.69, 9.17) is 5.73 Å². The van der Waals surface area contributed by atoms with Gasteiger partial charge in [0.1, 0.15) is 0 Å². The van der Waals surface area contributed by atoms with Crippen molar-refractivity contribution in [3.63, 3.8) is 0 Å². The van der Waals surface area contributed by atoms with E-state index in [1.807, 2.05) is 44.2 Å². The first-order valence-electron chi connectivity index (χ1n) is 23.5. The van der Waals surface area contributed by atoms with E-state index in [1.54, 1.807) is 0 Å². The Labute approximate surface area is 395 Å². The highest BCUT2D eigenvalue weighted by atomic mass is 15.1. The third kappa shape index (κ3) is 9.75. The molecule has 0 aliphatic heterocycles. The highest BCUT2D eigenvalue weighted by molar-refractivity contribution is 6.10. The summed E-state index contributed by atoms with van der Waals surface area (Å²) >= 11 is 0. The van der Waals surface area contributed by atoms with Crippen LogP contribution in [0.2, 0.25) is 0 Å². The molecule has 0 saturated carbocycles. The number of aryl methyl sites for hydroxylation is 7. The van der Waals surface area contributed by atoms with Gasteiger partial charge in [-0.05, 0) is 157 Å². The van der Waals surface area contributed by atoms with Crippen LogP contribution in [0.15, 0.2) is 188 Å². The van der Waals surface area contributed by atoms with Crippen molar-refractivity contribution in [2.45, 2.75) is 81.6 Å². The molecule has 9 aromatic rings. The van der Waals surface area contributed by atoms with E-state index in [9.17, 15) is 0 Å². The van der Waals surface area contributed by atoms with Crippen LogP contribution in [0, 0.1) is 48.5 Å². The van der Waals surface area contributed by atoms with Gasteiger partial charge in [-0.25, -0.2) is 0 Å². The topological polar surface area (TPSA) is 29.3 Å². The van der Waals surface area contributed by atoms with E-state index >= 15 is 0 Å². The second kappa shape index (κ2) is 20.3. The molecule has 66 heavy (non-hydrogen) atoms. The number of rotatable bonds is 5. The zero-order valence-corrected chi connectivity index (χ0v) is 40.9. The van der Waals surface area contributed by atoms with Crippen LogP contribution in [0.5, 0.6) is 0 Å². The maximum absolute atomic E-state index is 6.39. The second-order valence-corrected chi connectivity index (χ2v) is 18.1. The van der Waals surface area contributed by atoms with Gasteiger partial charge in [-0.1, -0.05) is 196 Å². The van der Waals surface area contributed by atoms with E-state index in [-0.39, 0.29) is 5.41 Å². The van der Waals surface area contributed by atoms with Gasteiger partial charge in [0.15, 0.2) is 0 Å². The van der Waals surface area contributed by atoms with Crippen molar-refractivity contribution < 1.29 is 0 Å². The molecule has 0 aromatic heterocycles. The Morgan fingerprint density at radius 3 is 1.42 bits per heavy atom. The van der Waals surface area contributed by atoms with Crippen LogP contribution in [-0.4, -0.2) is 0 Å². The van der Waals surface area contributed by atoms with E-state index in [0.29, 0.717) is 0 Å². The summed E-state index contributed by atoms with van der Waals surface area (Å²) in [5.74, 6) is 0. The fourth-order valence-corrected chi connectivity index (χ4v) is 9.44. The quantitative estimate of drug-likeness (QED) is 0.175. The maximum Gasteiger partial charge on any atom is 0.0543 e. The van der Waals surface area contributed by atoms with E-state index in [1.165, 1.54) is 94.2 Å². The molecule has 1 aliphatic rings. The highest BCUT2D eigenvalue weighted by Crippen LogP contribution is 2.55. The van der Waals surface area contributed by atoms with Crippen LogP contribution in [-0.2, 0) is 5.41 Å². The molecule has 0 spiro atoms. The van der Waals surface area contributed by atoms with Crippen LogP contribution in [0.4, 0.5) is 22.7 Å². The van der Waals surface area contributed by atoms with Crippen molar-refractivity contribution in [1.29, 1.82) is 0 Å². The Hall–Kier alpha value is -7.16.